The summed E-state index contributed by atoms with van der Waals surface area (Å²) in [5.41, 5.74) is 0.946. The van der Waals surface area contributed by atoms with Gasteiger partial charge in [-0.2, -0.15) is 5.10 Å². The topological polar surface area (TPSA) is 79.2 Å². The Morgan fingerprint density at radius 1 is 1.61 bits per heavy atom. The van der Waals surface area contributed by atoms with Crippen LogP contribution in [0.4, 0.5) is 4.79 Å². The summed E-state index contributed by atoms with van der Waals surface area (Å²) in [5, 5.41) is 19.0. The number of aliphatic hydroxyl groups is 1. The lowest BCUT2D eigenvalue weighted by molar-refractivity contribution is 0.160. The van der Waals surface area contributed by atoms with E-state index in [-0.39, 0.29) is 18.6 Å². The predicted octanol–water partition coefficient (Wildman–Crippen LogP) is 0.941. The summed E-state index contributed by atoms with van der Waals surface area (Å²) in [5.74, 6) is 0. The summed E-state index contributed by atoms with van der Waals surface area (Å²) in [4.78, 5) is 11.6. The number of aromatic nitrogens is 2. The molecule has 2 unspecified atom stereocenters. The number of nitrogens with zero attached hydrogens (tertiary/aromatic N) is 2. The van der Waals surface area contributed by atoms with Gasteiger partial charge in [0.05, 0.1) is 18.3 Å². The largest absolute Gasteiger partial charge is 0.391 e. The lowest BCUT2D eigenvalue weighted by atomic mass is 10.2. The molecule has 18 heavy (non-hydrogen) atoms. The molecule has 1 rings (SSSR count). The van der Waals surface area contributed by atoms with Crippen molar-refractivity contribution >= 4 is 6.03 Å². The zero-order valence-electron chi connectivity index (χ0n) is 11.2. The van der Waals surface area contributed by atoms with Crippen LogP contribution in [0.25, 0.3) is 0 Å². The van der Waals surface area contributed by atoms with E-state index in [2.05, 4.69) is 15.7 Å². The van der Waals surface area contributed by atoms with E-state index in [9.17, 15) is 9.90 Å². The van der Waals surface area contributed by atoms with Crippen LogP contribution in [0.5, 0.6) is 0 Å². The molecule has 0 fully saturated rings. The lowest BCUT2D eigenvalue weighted by Crippen LogP contribution is -2.40. The van der Waals surface area contributed by atoms with E-state index >= 15 is 0 Å². The molecule has 0 aliphatic heterocycles. The van der Waals surface area contributed by atoms with Gasteiger partial charge in [-0.25, -0.2) is 4.79 Å². The Labute approximate surface area is 107 Å². The second-order valence-electron chi connectivity index (χ2n) is 4.47. The summed E-state index contributed by atoms with van der Waals surface area (Å²) in [7, 11) is 1.83. The highest BCUT2D eigenvalue weighted by Gasteiger charge is 2.11. The average molecular weight is 254 g/mol. The van der Waals surface area contributed by atoms with Gasteiger partial charge < -0.3 is 15.7 Å². The van der Waals surface area contributed by atoms with Crippen molar-refractivity contribution in [2.75, 3.05) is 6.54 Å². The van der Waals surface area contributed by atoms with Crippen LogP contribution in [0.2, 0.25) is 0 Å². The van der Waals surface area contributed by atoms with Crippen molar-refractivity contribution in [3.63, 3.8) is 0 Å². The minimum atomic E-state index is -0.477. The molecule has 0 aliphatic carbocycles. The SMILES string of the molecule is CCCC(O)CNC(=O)NC(C)c1cnn(C)c1. The molecule has 1 aromatic rings. The minimum absolute atomic E-state index is 0.109. The van der Waals surface area contributed by atoms with Crippen LogP contribution in [-0.2, 0) is 7.05 Å². The van der Waals surface area contributed by atoms with Gasteiger partial charge in [-0.15, -0.1) is 0 Å². The number of urea groups is 1. The van der Waals surface area contributed by atoms with E-state index in [1.54, 1.807) is 10.9 Å². The van der Waals surface area contributed by atoms with Gasteiger partial charge in [0.2, 0.25) is 0 Å². The first-order valence-corrected chi connectivity index (χ1v) is 6.24. The van der Waals surface area contributed by atoms with Crippen LogP contribution in [0.3, 0.4) is 0 Å². The molecule has 6 nitrogen and oxygen atoms in total. The molecule has 1 aromatic heterocycles. The summed E-state index contributed by atoms with van der Waals surface area (Å²) in [6, 6.07) is -0.386. The third kappa shape index (κ3) is 4.75. The van der Waals surface area contributed by atoms with Gasteiger partial charge in [0.1, 0.15) is 0 Å². The average Bonchev–Trinajstić information content (AvgIpc) is 2.74. The monoisotopic (exact) mass is 254 g/mol. The predicted molar refractivity (Wildman–Crippen MR) is 69.1 cm³/mol. The van der Waals surface area contributed by atoms with Gasteiger partial charge in [-0.05, 0) is 13.3 Å². The van der Waals surface area contributed by atoms with Gasteiger partial charge in [-0.3, -0.25) is 4.68 Å². The third-order valence-electron chi connectivity index (χ3n) is 2.69. The summed E-state index contributed by atoms with van der Waals surface area (Å²) in [6.45, 7) is 4.16. The maximum Gasteiger partial charge on any atom is 0.315 e. The zero-order chi connectivity index (χ0) is 13.5. The number of hydrogen-bond acceptors (Lipinski definition) is 3. The van der Waals surface area contributed by atoms with Gasteiger partial charge in [0, 0.05) is 25.4 Å². The molecule has 0 spiro atoms. The molecule has 0 radical (unpaired) electrons. The second-order valence-corrected chi connectivity index (χ2v) is 4.47. The van der Waals surface area contributed by atoms with Crippen LogP contribution in [0, 0.1) is 0 Å². The van der Waals surface area contributed by atoms with Crippen molar-refractivity contribution in [2.24, 2.45) is 7.05 Å². The Morgan fingerprint density at radius 2 is 2.33 bits per heavy atom. The fraction of sp³-hybridized carbons (Fsp3) is 0.667. The number of rotatable bonds is 6. The van der Waals surface area contributed by atoms with Crippen LogP contribution in [-0.4, -0.2) is 33.6 Å². The van der Waals surface area contributed by atoms with Crippen molar-refractivity contribution < 1.29 is 9.90 Å². The van der Waals surface area contributed by atoms with Crippen molar-refractivity contribution in [3.05, 3.63) is 18.0 Å². The number of aryl methyl sites for hydroxylation is 1. The highest BCUT2D eigenvalue weighted by Crippen LogP contribution is 2.09. The first-order chi connectivity index (χ1) is 8.52. The second kappa shape index (κ2) is 7.00. The number of amides is 2. The fourth-order valence-corrected chi connectivity index (χ4v) is 1.64. The Kier molecular flexibility index (Phi) is 5.64. The van der Waals surface area contributed by atoms with Crippen LogP contribution in [0.1, 0.15) is 38.3 Å². The van der Waals surface area contributed by atoms with E-state index in [0.29, 0.717) is 6.42 Å². The van der Waals surface area contributed by atoms with E-state index in [1.807, 2.05) is 27.1 Å². The van der Waals surface area contributed by atoms with Crippen molar-refractivity contribution in [2.45, 2.75) is 38.8 Å². The van der Waals surface area contributed by atoms with Gasteiger partial charge in [0.25, 0.3) is 0 Å². The Morgan fingerprint density at radius 3 is 2.89 bits per heavy atom. The highest BCUT2D eigenvalue weighted by atomic mass is 16.3. The maximum absolute atomic E-state index is 11.6. The highest BCUT2D eigenvalue weighted by molar-refractivity contribution is 5.74. The zero-order valence-corrected chi connectivity index (χ0v) is 11.2. The molecule has 2 amide bonds. The summed E-state index contributed by atoms with van der Waals surface area (Å²) >= 11 is 0. The molecule has 102 valence electrons. The third-order valence-corrected chi connectivity index (χ3v) is 2.69. The summed E-state index contributed by atoms with van der Waals surface area (Å²) in [6.07, 6.45) is 4.69. The van der Waals surface area contributed by atoms with Crippen LogP contribution in [0.15, 0.2) is 12.4 Å². The lowest BCUT2D eigenvalue weighted by Gasteiger charge is -2.15. The molecule has 0 bridgehead atoms. The molecule has 6 heteroatoms. The summed E-state index contributed by atoms with van der Waals surface area (Å²) < 4.78 is 1.69. The fourth-order valence-electron chi connectivity index (χ4n) is 1.64. The van der Waals surface area contributed by atoms with Crippen molar-refractivity contribution in [3.8, 4) is 0 Å². The van der Waals surface area contributed by atoms with E-state index in [0.717, 1.165) is 12.0 Å². The molecule has 1 heterocycles. The molecule has 3 N–H and O–H groups in total. The number of carbonyl (C=O) groups excluding carboxylic acids is 1. The van der Waals surface area contributed by atoms with Crippen LogP contribution < -0.4 is 10.6 Å². The Hall–Kier alpha value is -1.56. The van der Waals surface area contributed by atoms with Crippen molar-refractivity contribution in [1.29, 1.82) is 0 Å². The molecule has 2 atom stereocenters. The Bertz CT molecular complexity index is 378. The first-order valence-electron chi connectivity index (χ1n) is 6.24. The standard InChI is InChI=1S/C12H22N4O2/c1-4-5-11(17)7-13-12(18)15-9(2)10-6-14-16(3)8-10/h6,8-9,11,17H,4-5,7H2,1-3H3,(H2,13,15,18). The van der Waals surface area contributed by atoms with Crippen LogP contribution >= 0.6 is 0 Å². The van der Waals surface area contributed by atoms with Crippen molar-refractivity contribution in [1.82, 2.24) is 20.4 Å². The number of aliphatic hydroxyl groups excluding tert-OH is 1. The molecular formula is C12H22N4O2. The molecular weight excluding hydrogens is 232 g/mol. The minimum Gasteiger partial charge on any atom is -0.391 e. The molecule has 0 saturated heterocycles. The van der Waals surface area contributed by atoms with Gasteiger partial charge >= 0.3 is 6.03 Å². The Balaban J connectivity index is 2.31. The van der Waals surface area contributed by atoms with E-state index in [4.69, 9.17) is 0 Å². The smallest absolute Gasteiger partial charge is 0.315 e. The van der Waals surface area contributed by atoms with E-state index < -0.39 is 6.10 Å². The number of carbonyl (C=O) groups is 1. The number of hydrogen-bond donors (Lipinski definition) is 3. The normalized spacial score (nSPS) is 14.0. The quantitative estimate of drug-likeness (QED) is 0.707. The molecule has 0 aliphatic rings. The van der Waals surface area contributed by atoms with Gasteiger partial charge in [0.15, 0.2) is 0 Å². The van der Waals surface area contributed by atoms with E-state index in [1.165, 1.54) is 0 Å². The van der Waals surface area contributed by atoms with Gasteiger partial charge in [-0.1, -0.05) is 13.3 Å². The first kappa shape index (κ1) is 14.5. The molecule has 0 saturated carbocycles. The maximum atomic E-state index is 11.6. The molecule has 0 aromatic carbocycles. The number of nitrogens with one attached hydrogen (secondary N) is 2.